The molecule has 0 saturated carbocycles. The number of carbonyl (C=O) groups is 1. The molecule has 28 heavy (non-hydrogen) atoms. The summed E-state index contributed by atoms with van der Waals surface area (Å²) in [4.78, 5) is 10.8. The van der Waals surface area contributed by atoms with Crippen LogP contribution in [0, 0.1) is 11.8 Å². The van der Waals surface area contributed by atoms with Crippen LogP contribution in [0.2, 0.25) is 0 Å². The van der Waals surface area contributed by atoms with Gasteiger partial charge in [-0.05, 0) is 87.0 Å². The number of fused-ring (bicyclic) bond motifs is 1. The van der Waals surface area contributed by atoms with Crippen molar-refractivity contribution in [2.75, 3.05) is 32.6 Å². The highest BCUT2D eigenvalue weighted by molar-refractivity contribution is 5.58. The summed E-state index contributed by atoms with van der Waals surface area (Å²) in [7, 11) is 3.83. The molecule has 1 atom stereocenters. The minimum atomic E-state index is -0.250. The number of ether oxygens (including phenoxy) is 1. The Morgan fingerprint density at radius 1 is 1.11 bits per heavy atom. The molecule has 2 N–H and O–H groups in total. The van der Waals surface area contributed by atoms with Gasteiger partial charge in [-0.25, -0.2) is 0 Å². The maximum atomic E-state index is 8.36. The van der Waals surface area contributed by atoms with Gasteiger partial charge in [0.05, 0.1) is 7.11 Å². The molecular weight excluding hydrogens is 356 g/mol. The van der Waals surface area contributed by atoms with Crippen LogP contribution in [0.3, 0.4) is 0 Å². The van der Waals surface area contributed by atoms with E-state index < -0.39 is 0 Å². The molecule has 0 spiro atoms. The number of hydrogen-bond donors (Lipinski definition) is 2. The molecule has 1 aromatic carbocycles. The van der Waals surface area contributed by atoms with E-state index in [-0.39, 0.29) is 6.47 Å². The zero-order chi connectivity index (χ0) is 19.9. The van der Waals surface area contributed by atoms with E-state index in [4.69, 9.17) is 14.6 Å². The fourth-order valence-corrected chi connectivity index (χ4v) is 4.21. The van der Waals surface area contributed by atoms with E-state index in [1.165, 1.54) is 49.9 Å². The number of benzene rings is 1. The summed E-state index contributed by atoms with van der Waals surface area (Å²) < 4.78 is 5.05. The first kappa shape index (κ1) is 20.1. The molecule has 1 aliphatic heterocycles. The number of hydrogen-bond acceptors (Lipinski definition) is 6. The van der Waals surface area contributed by atoms with Crippen molar-refractivity contribution in [1.82, 2.24) is 15.1 Å². The zero-order valence-corrected chi connectivity index (χ0v) is 16.5. The molecular formula is C21H28N4O3. The van der Waals surface area contributed by atoms with Crippen LogP contribution in [-0.4, -0.2) is 53.9 Å². The number of nitrogens with zero attached hydrogens (tertiary/aromatic N) is 3. The fourth-order valence-electron chi connectivity index (χ4n) is 4.21. The van der Waals surface area contributed by atoms with Gasteiger partial charge in [0.25, 0.3) is 6.47 Å². The second-order valence-corrected chi connectivity index (χ2v) is 7.48. The Balaban J connectivity index is 0.000000706. The quantitative estimate of drug-likeness (QED) is 0.784. The summed E-state index contributed by atoms with van der Waals surface area (Å²) in [6, 6.07) is 10.4. The third-order valence-electron chi connectivity index (χ3n) is 5.72. The molecule has 4 rings (SSSR count). The monoisotopic (exact) mass is 384 g/mol. The second-order valence-electron chi connectivity index (χ2n) is 7.48. The molecule has 0 radical (unpaired) electrons. The molecule has 2 heterocycles. The minimum Gasteiger partial charge on any atom is -0.483 e. The van der Waals surface area contributed by atoms with E-state index in [0.717, 1.165) is 23.3 Å². The minimum absolute atomic E-state index is 0.250. The van der Waals surface area contributed by atoms with E-state index in [0.29, 0.717) is 5.88 Å². The number of rotatable bonds is 4. The third kappa shape index (κ3) is 4.98. The first-order chi connectivity index (χ1) is 13.6. The number of anilines is 2. The van der Waals surface area contributed by atoms with Crippen molar-refractivity contribution in [3.63, 3.8) is 0 Å². The van der Waals surface area contributed by atoms with Crippen molar-refractivity contribution in [3.05, 3.63) is 41.5 Å². The molecule has 1 fully saturated rings. The molecule has 0 bridgehead atoms. The smallest absolute Gasteiger partial charge is 0.290 e. The predicted molar refractivity (Wildman–Crippen MR) is 108 cm³/mol. The van der Waals surface area contributed by atoms with E-state index in [9.17, 15) is 0 Å². The SMILES string of the molecule is COc1ccc(Nc2ccc3c(c2)CC(C2CCN(C)CC2)C3)nn1.O=CO. The van der Waals surface area contributed by atoms with Gasteiger partial charge in [0.1, 0.15) is 0 Å². The Morgan fingerprint density at radius 3 is 2.46 bits per heavy atom. The first-order valence-electron chi connectivity index (χ1n) is 9.66. The summed E-state index contributed by atoms with van der Waals surface area (Å²) in [5, 5.41) is 18.4. The highest BCUT2D eigenvalue weighted by atomic mass is 16.5. The van der Waals surface area contributed by atoms with Crippen LogP contribution in [0.4, 0.5) is 11.5 Å². The van der Waals surface area contributed by atoms with Crippen LogP contribution in [0.5, 0.6) is 5.88 Å². The van der Waals surface area contributed by atoms with Gasteiger partial charge in [0, 0.05) is 11.8 Å². The second kappa shape index (κ2) is 9.50. The summed E-state index contributed by atoms with van der Waals surface area (Å²) in [6.07, 6.45) is 5.16. The standard InChI is InChI=1S/C20H26N4O.CH2O2/c1-24-9-7-14(8-10-24)16-11-15-3-4-18(13-17(15)12-16)21-19-5-6-20(25-2)23-22-19;2-1-3/h3-6,13-14,16H,7-12H2,1-2H3,(H,21,22);1H,(H,2,3). The zero-order valence-electron chi connectivity index (χ0n) is 16.5. The Kier molecular flexibility index (Phi) is 6.81. The average Bonchev–Trinajstić information content (AvgIpc) is 3.13. The lowest BCUT2D eigenvalue weighted by molar-refractivity contribution is -0.122. The van der Waals surface area contributed by atoms with Crippen LogP contribution in [0.15, 0.2) is 30.3 Å². The van der Waals surface area contributed by atoms with Crippen molar-refractivity contribution >= 4 is 18.0 Å². The summed E-state index contributed by atoms with van der Waals surface area (Å²) in [5.74, 6) is 2.97. The lowest BCUT2D eigenvalue weighted by Crippen LogP contribution is -2.33. The maximum Gasteiger partial charge on any atom is 0.290 e. The van der Waals surface area contributed by atoms with Crippen LogP contribution < -0.4 is 10.1 Å². The molecule has 2 aliphatic rings. The molecule has 1 aromatic heterocycles. The van der Waals surface area contributed by atoms with Gasteiger partial charge in [-0.1, -0.05) is 6.07 Å². The summed E-state index contributed by atoms with van der Waals surface area (Å²) >= 11 is 0. The molecule has 7 nitrogen and oxygen atoms in total. The number of carboxylic acid groups (broad SMARTS) is 1. The molecule has 2 aromatic rings. The van der Waals surface area contributed by atoms with E-state index >= 15 is 0 Å². The van der Waals surface area contributed by atoms with Crippen molar-refractivity contribution in [3.8, 4) is 5.88 Å². The normalized spacial score (nSPS) is 19.3. The van der Waals surface area contributed by atoms with Crippen molar-refractivity contribution in [1.29, 1.82) is 0 Å². The van der Waals surface area contributed by atoms with Crippen molar-refractivity contribution < 1.29 is 14.6 Å². The molecule has 150 valence electrons. The van der Waals surface area contributed by atoms with Gasteiger partial charge in [0.15, 0.2) is 5.82 Å². The van der Waals surface area contributed by atoms with Gasteiger partial charge >= 0.3 is 0 Å². The van der Waals surface area contributed by atoms with E-state index in [1.54, 1.807) is 7.11 Å². The highest BCUT2D eigenvalue weighted by Crippen LogP contribution is 2.37. The van der Waals surface area contributed by atoms with Crippen LogP contribution >= 0.6 is 0 Å². The molecule has 1 aliphatic carbocycles. The number of nitrogens with one attached hydrogen (secondary N) is 1. The van der Waals surface area contributed by atoms with Gasteiger partial charge in [-0.15, -0.1) is 10.2 Å². The molecule has 1 unspecified atom stereocenters. The van der Waals surface area contributed by atoms with Gasteiger partial charge < -0.3 is 20.1 Å². The Hall–Kier alpha value is -2.67. The summed E-state index contributed by atoms with van der Waals surface area (Å²) in [6.45, 7) is 2.25. The number of aromatic nitrogens is 2. The van der Waals surface area contributed by atoms with Crippen LogP contribution in [0.1, 0.15) is 24.0 Å². The van der Waals surface area contributed by atoms with Crippen molar-refractivity contribution in [2.24, 2.45) is 11.8 Å². The van der Waals surface area contributed by atoms with Gasteiger partial charge in [0.2, 0.25) is 5.88 Å². The fraction of sp³-hybridized carbons (Fsp3) is 0.476. The lowest BCUT2D eigenvalue weighted by Gasteiger charge is -2.32. The van der Waals surface area contributed by atoms with Gasteiger partial charge in [-0.3, -0.25) is 4.79 Å². The number of piperidine rings is 1. The topological polar surface area (TPSA) is 87.6 Å². The van der Waals surface area contributed by atoms with Crippen molar-refractivity contribution in [2.45, 2.75) is 25.7 Å². The first-order valence-corrected chi connectivity index (χ1v) is 9.66. The highest BCUT2D eigenvalue weighted by Gasteiger charge is 2.30. The molecule has 0 amide bonds. The Morgan fingerprint density at radius 2 is 1.82 bits per heavy atom. The number of methoxy groups -OCH3 is 1. The van der Waals surface area contributed by atoms with E-state index in [1.807, 2.05) is 12.1 Å². The molecule has 1 saturated heterocycles. The van der Waals surface area contributed by atoms with E-state index in [2.05, 4.69) is 45.7 Å². The lowest BCUT2D eigenvalue weighted by atomic mass is 9.82. The maximum absolute atomic E-state index is 8.36. The predicted octanol–water partition coefficient (Wildman–Crippen LogP) is 2.99. The average molecular weight is 384 g/mol. The Labute approximate surface area is 165 Å². The van der Waals surface area contributed by atoms with Gasteiger partial charge in [-0.2, -0.15) is 0 Å². The summed E-state index contributed by atoms with van der Waals surface area (Å²) in [5.41, 5.74) is 4.10. The largest absolute Gasteiger partial charge is 0.483 e. The third-order valence-corrected chi connectivity index (χ3v) is 5.72. The number of likely N-dealkylation sites (tertiary alicyclic amines) is 1. The molecule has 7 heteroatoms. The van der Waals surface area contributed by atoms with Crippen LogP contribution in [-0.2, 0) is 17.6 Å². The van der Waals surface area contributed by atoms with Crippen LogP contribution in [0.25, 0.3) is 0 Å². The Bertz CT molecular complexity index is 774.